The van der Waals surface area contributed by atoms with Gasteiger partial charge in [0.15, 0.2) is 0 Å². The predicted octanol–water partition coefficient (Wildman–Crippen LogP) is 0.218. The predicted molar refractivity (Wildman–Crippen MR) is 22.8 cm³/mol. The fourth-order valence-electron chi connectivity index (χ4n) is 0.147. The first kappa shape index (κ1) is 8.48. The number of carbonyl (C=O) groups is 1. The first-order chi connectivity index (χ1) is 3.98. The van der Waals surface area contributed by atoms with Gasteiger partial charge in [0.1, 0.15) is 0 Å². The van der Waals surface area contributed by atoms with E-state index in [1.165, 1.54) is 0 Å². The molecule has 0 bridgehead atoms. The second-order valence-corrected chi connectivity index (χ2v) is 1.36. The van der Waals surface area contributed by atoms with Crippen LogP contribution >= 0.6 is 0 Å². The summed E-state index contributed by atoms with van der Waals surface area (Å²) in [4.78, 5) is 9.69. The van der Waals surface area contributed by atoms with E-state index in [1.807, 2.05) is 0 Å². The third kappa shape index (κ3) is 3.12. The molecule has 0 aliphatic rings. The van der Waals surface area contributed by atoms with Gasteiger partial charge in [-0.15, -0.1) is 0 Å². The highest BCUT2D eigenvalue weighted by Gasteiger charge is 2.40. The van der Waals surface area contributed by atoms with Crippen LogP contribution in [0.4, 0.5) is 13.2 Å². The second-order valence-electron chi connectivity index (χ2n) is 1.07. The van der Waals surface area contributed by atoms with E-state index in [0.717, 1.165) is 0 Å². The molecule has 0 unspecified atom stereocenters. The van der Waals surface area contributed by atoms with Crippen molar-refractivity contribution >= 4 is 16.2 Å². The maximum Gasteiger partial charge on any atom is 0.490 e. The lowest BCUT2D eigenvalue weighted by Gasteiger charge is -2.02. The molecule has 9 heavy (non-hydrogen) atoms. The van der Waals surface area contributed by atoms with Gasteiger partial charge >= 0.3 is 12.1 Å². The van der Waals surface area contributed by atoms with Crippen molar-refractivity contribution in [2.24, 2.45) is 0 Å². The minimum Gasteiger partial charge on any atom is -0.464 e. The highest BCUT2D eigenvalue weighted by atomic mass is 28.1. The molecule has 0 saturated heterocycles. The molecular formula is C3H2F3O2Si. The highest BCUT2D eigenvalue weighted by molar-refractivity contribution is 6.08. The number of halogens is 3. The average molecular weight is 155 g/mol. The smallest absolute Gasteiger partial charge is 0.464 e. The standard InChI is InChI=1S/C3H2F3O2Si/c4-3(5,6)2(7)8-1-9/h1H2. The largest absolute Gasteiger partial charge is 0.490 e. The fraction of sp³-hybridized carbons (Fsp3) is 0.667. The summed E-state index contributed by atoms with van der Waals surface area (Å²) in [7, 11) is 2.54. The van der Waals surface area contributed by atoms with Gasteiger partial charge in [-0.1, -0.05) is 0 Å². The lowest BCUT2D eigenvalue weighted by molar-refractivity contribution is -0.197. The number of carbonyl (C=O) groups excluding carboxylic acids is 1. The van der Waals surface area contributed by atoms with Crippen LogP contribution in [0.3, 0.4) is 0 Å². The molecule has 0 amide bonds. The third-order valence-electron chi connectivity index (χ3n) is 0.435. The molecule has 0 aromatic heterocycles. The van der Waals surface area contributed by atoms with Crippen molar-refractivity contribution in [1.82, 2.24) is 0 Å². The molecule has 0 fully saturated rings. The SMILES string of the molecule is O=C(OC[Si])C(F)(F)F. The quantitative estimate of drug-likeness (QED) is 0.400. The summed E-state index contributed by atoms with van der Waals surface area (Å²) in [6.45, 7) is 0. The van der Waals surface area contributed by atoms with E-state index in [4.69, 9.17) is 0 Å². The van der Waals surface area contributed by atoms with Crippen LogP contribution in [0, 0.1) is 0 Å². The molecule has 0 heterocycles. The summed E-state index contributed by atoms with van der Waals surface area (Å²) < 4.78 is 37.0. The Kier molecular flexibility index (Phi) is 2.69. The first-order valence-corrected chi connectivity index (χ1v) is 2.57. The van der Waals surface area contributed by atoms with Gasteiger partial charge in [-0.25, -0.2) is 4.79 Å². The van der Waals surface area contributed by atoms with Crippen molar-refractivity contribution in [1.29, 1.82) is 0 Å². The summed E-state index contributed by atoms with van der Waals surface area (Å²) in [6.07, 6.45) is -5.33. The van der Waals surface area contributed by atoms with Crippen LogP contribution in [0.15, 0.2) is 0 Å². The van der Waals surface area contributed by atoms with Gasteiger partial charge in [0.2, 0.25) is 0 Å². The minimum absolute atomic E-state index is 0.446. The second kappa shape index (κ2) is 2.86. The van der Waals surface area contributed by atoms with E-state index in [-0.39, 0.29) is 0 Å². The molecule has 0 N–H and O–H groups in total. The molecule has 51 valence electrons. The number of hydrogen-bond donors (Lipinski definition) is 0. The van der Waals surface area contributed by atoms with Gasteiger partial charge in [-0.3, -0.25) is 0 Å². The molecule has 3 radical (unpaired) electrons. The molecule has 0 aliphatic carbocycles. The number of rotatable bonds is 1. The van der Waals surface area contributed by atoms with Crippen molar-refractivity contribution in [3.8, 4) is 0 Å². The molecule has 0 aromatic rings. The minimum atomic E-state index is -4.88. The van der Waals surface area contributed by atoms with Crippen LogP contribution < -0.4 is 0 Å². The summed E-state index contributed by atoms with van der Waals surface area (Å²) in [6, 6.07) is 0. The normalized spacial score (nSPS) is 11.1. The van der Waals surface area contributed by atoms with Gasteiger partial charge in [0.25, 0.3) is 0 Å². The van der Waals surface area contributed by atoms with Gasteiger partial charge < -0.3 is 4.74 Å². The van der Waals surface area contributed by atoms with Crippen molar-refractivity contribution in [3.63, 3.8) is 0 Å². The molecular weight excluding hydrogens is 153 g/mol. The number of ether oxygens (including phenoxy) is 1. The molecule has 2 nitrogen and oxygen atoms in total. The Morgan fingerprint density at radius 1 is 1.56 bits per heavy atom. The van der Waals surface area contributed by atoms with E-state index < -0.39 is 18.4 Å². The Labute approximate surface area is 52.4 Å². The lowest BCUT2D eigenvalue weighted by Crippen LogP contribution is -2.25. The zero-order valence-electron chi connectivity index (χ0n) is 4.16. The zero-order valence-corrected chi connectivity index (χ0v) is 5.16. The van der Waals surface area contributed by atoms with Gasteiger partial charge in [-0.05, 0) is 0 Å². The zero-order chi connectivity index (χ0) is 7.49. The molecule has 0 atom stereocenters. The highest BCUT2D eigenvalue weighted by Crippen LogP contribution is 2.15. The van der Waals surface area contributed by atoms with E-state index in [2.05, 4.69) is 15.0 Å². The first-order valence-electron chi connectivity index (χ1n) is 1.87. The van der Waals surface area contributed by atoms with E-state index in [0.29, 0.717) is 0 Å². The molecule has 0 saturated carbocycles. The summed E-state index contributed by atoms with van der Waals surface area (Å²) >= 11 is 0. The maximum absolute atomic E-state index is 11.1. The van der Waals surface area contributed by atoms with Crippen LogP contribution in [0.1, 0.15) is 0 Å². The molecule has 0 aromatic carbocycles. The molecule has 6 heteroatoms. The van der Waals surface area contributed by atoms with Gasteiger partial charge in [-0.2, -0.15) is 13.2 Å². The number of hydrogen-bond acceptors (Lipinski definition) is 2. The molecule has 0 rings (SSSR count). The number of esters is 1. The Bertz CT molecular complexity index is 110. The van der Waals surface area contributed by atoms with E-state index >= 15 is 0 Å². The topological polar surface area (TPSA) is 26.3 Å². The van der Waals surface area contributed by atoms with Crippen molar-refractivity contribution in [3.05, 3.63) is 0 Å². The van der Waals surface area contributed by atoms with Gasteiger partial charge in [0, 0.05) is 0 Å². The third-order valence-corrected chi connectivity index (χ3v) is 0.579. The summed E-state index contributed by atoms with van der Waals surface area (Å²) in [5.41, 5.74) is 0. The van der Waals surface area contributed by atoms with Crippen LogP contribution in [0.25, 0.3) is 0 Å². The maximum atomic E-state index is 11.1. The van der Waals surface area contributed by atoms with Crippen molar-refractivity contribution < 1.29 is 22.7 Å². The van der Waals surface area contributed by atoms with Crippen LogP contribution in [0.2, 0.25) is 0 Å². The monoisotopic (exact) mass is 155 g/mol. The lowest BCUT2D eigenvalue weighted by atomic mass is 10.7. The van der Waals surface area contributed by atoms with Crippen molar-refractivity contribution in [2.75, 3.05) is 6.23 Å². The van der Waals surface area contributed by atoms with Crippen LogP contribution in [-0.4, -0.2) is 28.6 Å². The van der Waals surface area contributed by atoms with E-state index in [9.17, 15) is 18.0 Å². The van der Waals surface area contributed by atoms with Crippen molar-refractivity contribution in [2.45, 2.75) is 6.18 Å². The Morgan fingerprint density at radius 3 is 2.11 bits per heavy atom. The fourth-order valence-corrected chi connectivity index (χ4v) is 0.278. The Hall–Kier alpha value is -0.523. The molecule has 0 aliphatic heterocycles. The summed E-state index contributed by atoms with van der Waals surface area (Å²) in [5.74, 6) is -2.18. The summed E-state index contributed by atoms with van der Waals surface area (Å²) in [5, 5.41) is 0. The van der Waals surface area contributed by atoms with Crippen LogP contribution in [-0.2, 0) is 9.53 Å². The Morgan fingerprint density at radius 2 is 2.00 bits per heavy atom. The van der Waals surface area contributed by atoms with Crippen LogP contribution in [0.5, 0.6) is 0 Å². The molecule has 0 spiro atoms. The number of alkyl halides is 3. The van der Waals surface area contributed by atoms with Gasteiger partial charge in [0.05, 0.1) is 16.5 Å². The average Bonchev–Trinajstić information content (AvgIpc) is 1.64. The van der Waals surface area contributed by atoms with E-state index in [1.54, 1.807) is 0 Å². The Balaban J connectivity index is 3.74.